The number of hydrogen-bond donors (Lipinski definition) is 0. The van der Waals surface area contributed by atoms with Gasteiger partial charge in [-0.2, -0.15) is 0 Å². The van der Waals surface area contributed by atoms with Gasteiger partial charge in [0, 0.05) is 0 Å². The second-order valence-electron chi connectivity index (χ2n) is 2.71. The molecule has 4 heteroatoms. The van der Waals surface area contributed by atoms with E-state index in [1.165, 1.54) is 0 Å². The van der Waals surface area contributed by atoms with Gasteiger partial charge in [-0.15, -0.1) is 0 Å². The molecule has 0 heterocycles. The molecule has 0 atom stereocenters. The van der Waals surface area contributed by atoms with Crippen LogP contribution >= 0.6 is 0 Å². The Kier molecular flexibility index (Phi) is 3.76. The van der Waals surface area contributed by atoms with Gasteiger partial charge in [0.1, 0.15) is 0 Å². The van der Waals surface area contributed by atoms with E-state index in [9.17, 15) is 8.42 Å². The zero-order valence-electron chi connectivity index (χ0n) is 7.77. The Morgan fingerprint density at radius 2 is 1.50 bits per heavy atom. The maximum Gasteiger partial charge on any atom is 1.00 e. The fraction of sp³-hybridized carbons (Fsp3) is 0. The van der Waals surface area contributed by atoms with Gasteiger partial charge in [-0.3, -0.25) is 0 Å². The molecule has 0 bridgehead atoms. The predicted octanol–water partition coefficient (Wildman–Crippen LogP) is -0.488. The van der Waals surface area contributed by atoms with Crippen molar-refractivity contribution in [3.05, 3.63) is 42.5 Å². The third-order valence-electron chi connectivity index (χ3n) is 1.93. The van der Waals surface area contributed by atoms with Crippen LogP contribution in [0.4, 0.5) is 0 Å². The Morgan fingerprint density at radius 1 is 0.857 bits per heavy atom. The van der Waals surface area contributed by atoms with Crippen LogP contribution in [0, 0.1) is 0 Å². The molecule has 2 aromatic carbocycles. The molecule has 0 saturated heterocycles. The minimum absolute atomic E-state index is 0. The van der Waals surface area contributed by atoms with E-state index in [1.54, 1.807) is 18.2 Å². The third kappa shape index (κ3) is 2.01. The van der Waals surface area contributed by atoms with Gasteiger partial charge in [0.2, 0.25) is 0 Å². The van der Waals surface area contributed by atoms with Crippen molar-refractivity contribution >= 4 is 21.5 Å². The molecule has 0 fully saturated rings. The predicted molar refractivity (Wildman–Crippen MR) is 51.0 cm³/mol. The average Bonchev–Trinajstić information content (AvgIpc) is 2.17. The normalized spacial score (nSPS) is 10.1. The zero-order chi connectivity index (χ0) is 9.26. The largest absolute Gasteiger partial charge is 1.00 e. The van der Waals surface area contributed by atoms with Gasteiger partial charge < -0.3 is 8.42 Å². The summed E-state index contributed by atoms with van der Waals surface area (Å²) >= 11 is 0. The molecule has 0 aromatic heterocycles. The first kappa shape index (κ1) is 11.3. The molecular formula is C10H7LiO2S. The van der Waals surface area contributed by atoms with E-state index in [2.05, 4.69) is 0 Å². The van der Waals surface area contributed by atoms with E-state index >= 15 is 0 Å². The summed E-state index contributed by atoms with van der Waals surface area (Å²) in [4.78, 5) is 0.359. The Balaban J connectivity index is 0.000000980. The van der Waals surface area contributed by atoms with Crippen molar-refractivity contribution in [3.8, 4) is 0 Å². The maximum absolute atomic E-state index is 10.8. The van der Waals surface area contributed by atoms with Gasteiger partial charge in [-0.25, -0.2) is 0 Å². The smallest absolute Gasteiger partial charge is 0.420 e. The van der Waals surface area contributed by atoms with Crippen LogP contribution in [-0.2, 0) is 19.1 Å². The van der Waals surface area contributed by atoms with Crippen molar-refractivity contribution in [2.45, 2.75) is 4.90 Å². The zero-order valence-corrected chi connectivity index (χ0v) is 8.58. The monoisotopic (exact) mass is 198 g/mol. The van der Waals surface area contributed by atoms with Crippen LogP contribution in [0.3, 0.4) is 0 Å². The second kappa shape index (κ2) is 4.65. The molecule has 66 valence electrons. The van der Waals surface area contributed by atoms with E-state index in [4.69, 9.17) is 0 Å². The summed E-state index contributed by atoms with van der Waals surface area (Å²) in [7, 11) is -2.15. The Bertz CT molecular complexity index is 507. The topological polar surface area (TPSA) is 34.1 Å². The molecule has 2 aromatic rings. The van der Waals surface area contributed by atoms with Gasteiger partial charge in [-0.1, -0.05) is 47.4 Å². The van der Waals surface area contributed by atoms with Crippen molar-refractivity contribution in [1.29, 1.82) is 0 Å². The molecule has 14 heavy (non-hydrogen) atoms. The molecule has 0 N–H and O–H groups in total. The number of hydrogen-bond acceptors (Lipinski definition) is 3. The first-order valence-corrected chi connectivity index (χ1v) is 4.93. The molecular weight excluding hydrogens is 191 g/mol. The number of benzene rings is 2. The minimum atomic E-state index is -2.15. The molecule has 0 spiro atoms. The Morgan fingerprint density at radius 3 is 2.21 bits per heavy atom. The van der Waals surface area contributed by atoms with Gasteiger partial charge in [0.25, 0.3) is 0 Å². The van der Waals surface area contributed by atoms with Crippen molar-refractivity contribution < 1.29 is 27.3 Å². The van der Waals surface area contributed by atoms with Gasteiger partial charge in [0.05, 0.1) is 0 Å². The first-order chi connectivity index (χ1) is 6.29. The summed E-state index contributed by atoms with van der Waals surface area (Å²) in [6.07, 6.45) is 0. The van der Waals surface area contributed by atoms with E-state index < -0.39 is 10.7 Å². The molecule has 2 rings (SSSR count). The molecule has 0 unspecified atom stereocenters. The summed E-state index contributed by atoms with van der Waals surface area (Å²) in [6, 6.07) is 12.7. The fourth-order valence-corrected chi connectivity index (χ4v) is 1.90. The average molecular weight is 198 g/mol. The van der Waals surface area contributed by atoms with Crippen molar-refractivity contribution in [2.24, 2.45) is 0 Å². The quantitative estimate of drug-likeness (QED) is 0.458. The molecule has 0 aliphatic carbocycles. The first-order valence-electron chi connectivity index (χ1n) is 3.86. The fourth-order valence-electron chi connectivity index (χ4n) is 1.34. The van der Waals surface area contributed by atoms with Crippen LogP contribution in [-0.4, -0.2) is 0 Å². The second-order valence-corrected chi connectivity index (χ2v) is 3.62. The maximum atomic E-state index is 10.8. The van der Waals surface area contributed by atoms with E-state index in [1.807, 2.05) is 24.3 Å². The van der Waals surface area contributed by atoms with Gasteiger partial charge in [-0.05, 0) is 21.5 Å². The molecule has 0 aliphatic heterocycles. The summed E-state index contributed by atoms with van der Waals surface area (Å²) in [5, 5.41) is 1.72. The van der Waals surface area contributed by atoms with Crippen LogP contribution in [0.2, 0.25) is 0 Å². The standard InChI is InChI=1S/C10H7O2S.Li/c11-13(12)10-7-3-5-8-4-1-2-6-9(8)10;/h1-7H;/q-1;+1. The van der Waals surface area contributed by atoms with Gasteiger partial charge >= 0.3 is 18.9 Å². The van der Waals surface area contributed by atoms with Crippen molar-refractivity contribution in [2.75, 3.05) is 0 Å². The van der Waals surface area contributed by atoms with Crippen LogP contribution in [0.5, 0.6) is 0 Å². The molecule has 2 nitrogen and oxygen atoms in total. The number of fused-ring (bicyclic) bond motifs is 1. The van der Waals surface area contributed by atoms with E-state index in [0.717, 1.165) is 10.8 Å². The summed E-state index contributed by atoms with van der Waals surface area (Å²) in [6.45, 7) is 0. The number of rotatable bonds is 1. The Hall–Kier alpha value is -0.753. The molecule has 0 saturated carbocycles. The van der Waals surface area contributed by atoms with Gasteiger partial charge in [0.15, 0.2) is 0 Å². The van der Waals surface area contributed by atoms with E-state index in [-0.39, 0.29) is 18.9 Å². The van der Waals surface area contributed by atoms with Crippen LogP contribution in [0.15, 0.2) is 47.4 Å². The third-order valence-corrected chi connectivity index (χ3v) is 2.64. The molecule has 0 aliphatic rings. The summed E-state index contributed by atoms with van der Waals surface area (Å²) in [5.74, 6) is 0. The van der Waals surface area contributed by atoms with Crippen LogP contribution in [0.1, 0.15) is 0 Å². The van der Waals surface area contributed by atoms with Crippen molar-refractivity contribution in [3.63, 3.8) is 0 Å². The molecule has 0 amide bonds. The SMILES string of the molecule is O=[S-](=O)c1cccc2ccccc12.[Li+]. The summed E-state index contributed by atoms with van der Waals surface area (Å²) in [5.41, 5.74) is 0. The minimum Gasteiger partial charge on any atom is -0.420 e. The van der Waals surface area contributed by atoms with E-state index in [0.29, 0.717) is 4.90 Å². The Labute approximate surface area is 96.1 Å². The molecule has 0 radical (unpaired) electrons. The van der Waals surface area contributed by atoms with Crippen molar-refractivity contribution in [1.82, 2.24) is 0 Å². The van der Waals surface area contributed by atoms with Crippen LogP contribution in [0.25, 0.3) is 10.8 Å². The summed E-state index contributed by atoms with van der Waals surface area (Å²) < 4.78 is 21.6. The van der Waals surface area contributed by atoms with Crippen LogP contribution < -0.4 is 18.9 Å².